The average molecular weight is 227 g/mol. The summed E-state index contributed by atoms with van der Waals surface area (Å²) in [4.78, 5) is 11.9. The number of carbonyl (C=O) groups is 1. The molecule has 1 aromatic carbocycles. The number of hydrogen-bond acceptors (Lipinski definition) is 2. The second-order valence-corrected chi connectivity index (χ2v) is 4.07. The number of rotatable bonds is 4. The number of benzene rings is 1. The normalized spacial score (nSPS) is 12.9. The molecule has 0 aromatic heterocycles. The minimum atomic E-state index is -0.703. The topological polar surface area (TPSA) is 43.1 Å². The lowest BCUT2D eigenvalue weighted by atomic mass is 9.88. The lowest BCUT2D eigenvalue weighted by Gasteiger charge is -2.17. The van der Waals surface area contributed by atoms with Crippen LogP contribution in [0.2, 0.25) is 0 Å². The number of Topliss-reactive ketones (excluding diaryl/α,β-unsaturated/α-hetero) is 1. The fraction of sp³-hybridized carbons (Fsp3) is 0.417. The first-order valence-corrected chi connectivity index (χ1v) is 5.16. The molecule has 16 heavy (non-hydrogen) atoms. The van der Waals surface area contributed by atoms with Crippen LogP contribution in [-0.4, -0.2) is 12.3 Å². The van der Waals surface area contributed by atoms with E-state index < -0.39 is 23.3 Å². The third-order valence-electron chi connectivity index (χ3n) is 2.59. The number of nitrogens with two attached hydrogens (primary N) is 1. The van der Waals surface area contributed by atoms with Crippen LogP contribution in [0.25, 0.3) is 0 Å². The van der Waals surface area contributed by atoms with Crippen molar-refractivity contribution >= 4 is 5.78 Å². The number of hydrogen-bond donors (Lipinski definition) is 1. The summed E-state index contributed by atoms with van der Waals surface area (Å²) >= 11 is 0. The zero-order chi connectivity index (χ0) is 12.3. The van der Waals surface area contributed by atoms with Crippen LogP contribution in [0.5, 0.6) is 0 Å². The minimum Gasteiger partial charge on any atom is -0.330 e. The van der Waals surface area contributed by atoms with Gasteiger partial charge < -0.3 is 5.73 Å². The number of ketones is 1. The van der Waals surface area contributed by atoms with Crippen LogP contribution >= 0.6 is 0 Å². The molecule has 0 aliphatic heterocycles. The van der Waals surface area contributed by atoms with Crippen molar-refractivity contribution in [2.45, 2.75) is 13.8 Å². The van der Waals surface area contributed by atoms with Crippen LogP contribution in [0, 0.1) is 23.5 Å². The van der Waals surface area contributed by atoms with Gasteiger partial charge in [0.05, 0.1) is 5.56 Å². The standard InChI is InChI=1S/C12H15F2NO/c1-7(2)10(6-15)12(16)9-5-8(13)3-4-11(9)14/h3-5,7,10H,6,15H2,1-2H3. The Morgan fingerprint density at radius 1 is 1.38 bits per heavy atom. The SMILES string of the molecule is CC(C)C(CN)C(=O)c1cc(F)ccc1F. The summed E-state index contributed by atoms with van der Waals surface area (Å²) in [5.41, 5.74) is 5.24. The Balaban J connectivity index is 3.08. The minimum absolute atomic E-state index is 0.000155. The lowest BCUT2D eigenvalue weighted by molar-refractivity contribution is 0.0887. The molecular formula is C12H15F2NO. The molecule has 1 aromatic rings. The maximum absolute atomic E-state index is 13.4. The summed E-state index contributed by atoms with van der Waals surface area (Å²) in [5.74, 6) is -2.24. The van der Waals surface area contributed by atoms with E-state index in [-0.39, 0.29) is 18.0 Å². The Kier molecular flexibility index (Phi) is 4.12. The number of carbonyl (C=O) groups excluding carboxylic acids is 1. The molecule has 0 fully saturated rings. The molecule has 0 aliphatic carbocycles. The van der Waals surface area contributed by atoms with E-state index in [2.05, 4.69) is 0 Å². The highest BCUT2D eigenvalue weighted by atomic mass is 19.1. The van der Waals surface area contributed by atoms with Crippen molar-refractivity contribution in [1.82, 2.24) is 0 Å². The van der Waals surface area contributed by atoms with Gasteiger partial charge in [-0.15, -0.1) is 0 Å². The van der Waals surface area contributed by atoms with E-state index in [1.54, 1.807) is 0 Å². The van der Waals surface area contributed by atoms with E-state index >= 15 is 0 Å². The fourth-order valence-electron chi connectivity index (χ4n) is 1.57. The van der Waals surface area contributed by atoms with Crippen molar-refractivity contribution < 1.29 is 13.6 Å². The van der Waals surface area contributed by atoms with E-state index in [1.165, 1.54) is 0 Å². The Hall–Kier alpha value is -1.29. The monoisotopic (exact) mass is 227 g/mol. The van der Waals surface area contributed by atoms with Gasteiger partial charge in [0.15, 0.2) is 5.78 Å². The van der Waals surface area contributed by atoms with Crippen LogP contribution in [-0.2, 0) is 0 Å². The highest BCUT2D eigenvalue weighted by molar-refractivity contribution is 5.98. The molecule has 1 unspecified atom stereocenters. The second-order valence-electron chi connectivity index (χ2n) is 4.07. The predicted molar refractivity (Wildman–Crippen MR) is 58.1 cm³/mol. The largest absolute Gasteiger partial charge is 0.330 e. The molecule has 88 valence electrons. The van der Waals surface area contributed by atoms with Gasteiger partial charge in [0, 0.05) is 12.5 Å². The molecule has 2 nitrogen and oxygen atoms in total. The molecule has 4 heteroatoms. The summed E-state index contributed by atoms with van der Waals surface area (Å²) < 4.78 is 26.3. The van der Waals surface area contributed by atoms with Gasteiger partial charge in [0.25, 0.3) is 0 Å². The van der Waals surface area contributed by atoms with Crippen molar-refractivity contribution in [3.63, 3.8) is 0 Å². The average Bonchev–Trinajstić information content (AvgIpc) is 2.22. The van der Waals surface area contributed by atoms with Gasteiger partial charge >= 0.3 is 0 Å². The molecule has 0 aliphatic rings. The van der Waals surface area contributed by atoms with Crippen molar-refractivity contribution in [2.75, 3.05) is 6.54 Å². The molecule has 0 spiro atoms. The number of halogens is 2. The van der Waals surface area contributed by atoms with Gasteiger partial charge in [-0.2, -0.15) is 0 Å². The Morgan fingerprint density at radius 3 is 2.50 bits per heavy atom. The quantitative estimate of drug-likeness (QED) is 0.802. The molecule has 0 radical (unpaired) electrons. The summed E-state index contributed by atoms with van der Waals surface area (Å²) in [6, 6.07) is 2.86. The van der Waals surface area contributed by atoms with E-state index in [9.17, 15) is 13.6 Å². The molecule has 0 bridgehead atoms. The first-order chi connectivity index (χ1) is 7.47. The first-order valence-electron chi connectivity index (χ1n) is 5.16. The molecule has 0 saturated carbocycles. The first kappa shape index (κ1) is 12.8. The zero-order valence-electron chi connectivity index (χ0n) is 9.34. The molecule has 0 heterocycles. The van der Waals surface area contributed by atoms with Crippen molar-refractivity contribution in [2.24, 2.45) is 17.6 Å². The van der Waals surface area contributed by atoms with Gasteiger partial charge in [0.2, 0.25) is 0 Å². The van der Waals surface area contributed by atoms with E-state index in [0.29, 0.717) is 0 Å². The molecule has 2 N–H and O–H groups in total. The summed E-state index contributed by atoms with van der Waals surface area (Å²) in [6.07, 6.45) is 0. The molecular weight excluding hydrogens is 212 g/mol. The maximum Gasteiger partial charge on any atom is 0.170 e. The Bertz CT molecular complexity index is 391. The van der Waals surface area contributed by atoms with Gasteiger partial charge in [-0.3, -0.25) is 4.79 Å². The predicted octanol–water partition coefficient (Wildman–Crippen LogP) is 2.38. The summed E-state index contributed by atoms with van der Waals surface area (Å²) in [7, 11) is 0. The second kappa shape index (κ2) is 5.16. The van der Waals surface area contributed by atoms with Crippen LogP contribution in [0.3, 0.4) is 0 Å². The summed E-state index contributed by atoms with van der Waals surface area (Å²) in [6.45, 7) is 3.78. The van der Waals surface area contributed by atoms with Crippen LogP contribution in [0.4, 0.5) is 8.78 Å². The van der Waals surface area contributed by atoms with Crippen LogP contribution in [0.1, 0.15) is 24.2 Å². The highest BCUT2D eigenvalue weighted by Gasteiger charge is 2.24. The molecule has 0 amide bonds. The summed E-state index contributed by atoms with van der Waals surface area (Å²) in [5, 5.41) is 0. The Labute approximate surface area is 93.5 Å². The van der Waals surface area contributed by atoms with Crippen molar-refractivity contribution in [1.29, 1.82) is 0 Å². The van der Waals surface area contributed by atoms with E-state index in [4.69, 9.17) is 5.73 Å². The van der Waals surface area contributed by atoms with Gasteiger partial charge in [-0.25, -0.2) is 8.78 Å². The zero-order valence-corrected chi connectivity index (χ0v) is 9.34. The van der Waals surface area contributed by atoms with Crippen molar-refractivity contribution in [3.8, 4) is 0 Å². The van der Waals surface area contributed by atoms with E-state index in [0.717, 1.165) is 18.2 Å². The third kappa shape index (κ3) is 2.64. The van der Waals surface area contributed by atoms with Crippen LogP contribution < -0.4 is 5.73 Å². The Morgan fingerprint density at radius 2 is 2.00 bits per heavy atom. The smallest absolute Gasteiger partial charge is 0.170 e. The van der Waals surface area contributed by atoms with Gasteiger partial charge in [-0.05, 0) is 24.1 Å². The molecule has 1 rings (SSSR count). The fourth-order valence-corrected chi connectivity index (χ4v) is 1.57. The van der Waals surface area contributed by atoms with E-state index in [1.807, 2.05) is 13.8 Å². The highest BCUT2D eigenvalue weighted by Crippen LogP contribution is 2.19. The van der Waals surface area contributed by atoms with Crippen LogP contribution in [0.15, 0.2) is 18.2 Å². The molecule has 1 atom stereocenters. The van der Waals surface area contributed by atoms with Gasteiger partial charge in [-0.1, -0.05) is 13.8 Å². The molecule has 0 saturated heterocycles. The lowest BCUT2D eigenvalue weighted by Crippen LogP contribution is -2.29. The third-order valence-corrected chi connectivity index (χ3v) is 2.59. The van der Waals surface area contributed by atoms with Crippen molar-refractivity contribution in [3.05, 3.63) is 35.4 Å². The maximum atomic E-state index is 13.4. The van der Waals surface area contributed by atoms with Gasteiger partial charge in [0.1, 0.15) is 11.6 Å².